The van der Waals surface area contributed by atoms with Gasteiger partial charge >= 0.3 is 5.69 Å². The van der Waals surface area contributed by atoms with E-state index in [-0.39, 0.29) is 5.69 Å². The topological polar surface area (TPSA) is 86.7 Å². The second-order valence-corrected chi connectivity index (χ2v) is 3.74. The highest BCUT2D eigenvalue weighted by atomic mass is 16.6. The van der Waals surface area contributed by atoms with E-state index in [0.29, 0.717) is 5.95 Å². The minimum absolute atomic E-state index is 0.125. The smallest absolute Gasteiger partial charge is 0.258 e. The summed E-state index contributed by atoms with van der Waals surface area (Å²) in [5, 5.41) is 14.9. The summed E-state index contributed by atoms with van der Waals surface area (Å²) in [5.41, 5.74) is 1.81. The molecule has 0 aromatic carbocycles. The lowest BCUT2D eigenvalue weighted by Gasteiger charge is -2.02. The molecule has 2 aromatic rings. The molecule has 0 saturated heterocycles. The third kappa shape index (κ3) is 2.20. The van der Waals surface area contributed by atoms with E-state index < -0.39 is 4.92 Å². The predicted molar refractivity (Wildman–Crippen MR) is 64.6 cm³/mol. The molecule has 18 heavy (non-hydrogen) atoms. The van der Waals surface area contributed by atoms with Gasteiger partial charge in [0.1, 0.15) is 12.4 Å². The van der Waals surface area contributed by atoms with Gasteiger partial charge in [-0.15, -0.1) is 0 Å². The minimum atomic E-state index is -0.523. The van der Waals surface area contributed by atoms with Crippen LogP contribution < -0.4 is 0 Å². The van der Waals surface area contributed by atoms with E-state index in [2.05, 4.69) is 15.1 Å². The van der Waals surface area contributed by atoms with Crippen molar-refractivity contribution in [2.75, 3.05) is 0 Å². The standard InChI is InChI=1S/C11H13N5O2/c1-3-8-5-9(4-2)15(14-8)11-12-6-10(7-13-11)16(17)18/h5-7H,3-4H2,1-2H3. The van der Waals surface area contributed by atoms with Crippen molar-refractivity contribution in [1.82, 2.24) is 19.7 Å². The van der Waals surface area contributed by atoms with Gasteiger partial charge in [-0.1, -0.05) is 13.8 Å². The predicted octanol–water partition coefficient (Wildman–Crippen LogP) is 1.70. The first-order chi connectivity index (χ1) is 8.65. The van der Waals surface area contributed by atoms with Crippen molar-refractivity contribution in [1.29, 1.82) is 0 Å². The largest absolute Gasteiger partial charge is 0.305 e. The SMILES string of the molecule is CCc1cc(CC)n(-c2ncc([N+](=O)[O-])cn2)n1. The van der Waals surface area contributed by atoms with Crippen molar-refractivity contribution in [3.63, 3.8) is 0 Å². The average Bonchev–Trinajstić information content (AvgIpc) is 2.82. The summed E-state index contributed by atoms with van der Waals surface area (Å²) in [6.45, 7) is 4.03. The highest BCUT2D eigenvalue weighted by Gasteiger charge is 2.12. The Bertz CT molecular complexity index is 561. The van der Waals surface area contributed by atoms with E-state index >= 15 is 0 Å². The van der Waals surface area contributed by atoms with Gasteiger partial charge in [0, 0.05) is 5.69 Å². The molecule has 7 heteroatoms. The Kier molecular flexibility index (Phi) is 3.31. The summed E-state index contributed by atoms with van der Waals surface area (Å²) < 4.78 is 1.63. The fraction of sp³-hybridized carbons (Fsp3) is 0.364. The monoisotopic (exact) mass is 247 g/mol. The summed E-state index contributed by atoms with van der Waals surface area (Å²) in [6.07, 6.45) is 4.00. The number of hydrogen-bond donors (Lipinski definition) is 0. The molecule has 0 amide bonds. The van der Waals surface area contributed by atoms with Crippen molar-refractivity contribution in [3.05, 3.63) is 40.0 Å². The minimum Gasteiger partial charge on any atom is -0.258 e. The van der Waals surface area contributed by atoms with Crippen LogP contribution >= 0.6 is 0 Å². The van der Waals surface area contributed by atoms with Crippen LogP contribution in [0.3, 0.4) is 0 Å². The van der Waals surface area contributed by atoms with Crippen molar-refractivity contribution >= 4 is 5.69 Å². The van der Waals surface area contributed by atoms with Crippen LogP contribution in [0.1, 0.15) is 25.2 Å². The Balaban J connectivity index is 2.41. The highest BCUT2D eigenvalue weighted by Crippen LogP contribution is 2.12. The molecule has 2 heterocycles. The van der Waals surface area contributed by atoms with Gasteiger partial charge in [-0.25, -0.2) is 14.6 Å². The first kappa shape index (κ1) is 12.2. The Labute approximate surface area is 104 Å². The van der Waals surface area contributed by atoms with Gasteiger partial charge in [0.25, 0.3) is 5.95 Å². The van der Waals surface area contributed by atoms with Crippen molar-refractivity contribution in [2.24, 2.45) is 0 Å². The molecule has 7 nitrogen and oxygen atoms in total. The first-order valence-corrected chi connectivity index (χ1v) is 5.70. The van der Waals surface area contributed by atoms with Crippen LogP contribution in [0, 0.1) is 10.1 Å². The lowest BCUT2D eigenvalue weighted by molar-refractivity contribution is -0.385. The Morgan fingerprint density at radius 2 is 1.94 bits per heavy atom. The van der Waals surface area contributed by atoms with Crippen LogP contribution in [0.15, 0.2) is 18.5 Å². The zero-order valence-corrected chi connectivity index (χ0v) is 10.2. The van der Waals surface area contributed by atoms with E-state index in [1.165, 1.54) is 12.4 Å². The maximum absolute atomic E-state index is 10.5. The lowest BCUT2D eigenvalue weighted by Crippen LogP contribution is -2.06. The van der Waals surface area contributed by atoms with Crippen LogP contribution in [-0.2, 0) is 12.8 Å². The number of aryl methyl sites for hydroxylation is 2. The molecule has 0 unspecified atom stereocenters. The lowest BCUT2D eigenvalue weighted by atomic mass is 10.3. The van der Waals surface area contributed by atoms with Crippen LogP contribution in [0.2, 0.25) is 0 Å². The molecule has 94 valence electrons. The van der Waals surface area contributed by atoms with Gasteiger partial charge < -0.3 is 0 Å². The molecule has 0 atom stereocenters. The van der Waals surface area contributed by atoms with Crippen molar-refractivity contribution in [2.45, 2.75) is 26.7 Å². The fourth-order valence-electron chi connectivity index (χ4n) is 1.59. The zero-order chi connectivity index (χ0) is 13.1. The molecule has 0 N–H and O–H groups in total. The average molecular weight is 247 g/mol. The van der Waals surface area contributed by atoms with E-state index in [1.54, 1.807) is 4.68 Å². The number of aromatic nitrogens is 4. The summed E-state index contributed by atoms with van der Waals surface area (Å²) in [7, 11) is 0. The Morgan fingerprint density at radius 3 is 2.44 bits per heavy atom. The van der Waals surface area contributed by atoms with Crippen molar-refractivity contribution < 1.29 is 4.92 Å². The molecular formula is C11H13N5O2. The molecule has 2 aromatic heterocycles. The first-order valence-electron chi connectivity index (χ1n) is 5.70. The maximum Gasteiger partial charge on any atom is 0.305 e. The quantitative estimate of drug-likeness (QED) is 0.606. The fourth-order valence-corrected chi connectivity index (χ4v) is 1.59. The Morgan fingerprint density at radius 1 is 1.28 bits per heavy atom. The Hall–Kier alpha value is -2.31. The maximum atomic E-state index is 10.5. The van der Waals surface area contributed by atoms with Crippen molar-refractivity contribution in [3.8, 4) is 5.95 Å². The summed E-state index contributed by atoms with van der Waals surface area (Å²) in [6, 6.07) is 1.99. The van der Waals surface area contributed by atoms with E-state index in [1.807, 2.05) is 19.9 Å². The normalized spacial score (nSPS) is 10.6. The third-order valence-electron chi connectivity index (χ3n) is 2.58. The molecule has 0 saturated carbocycles. The van der Waals surface area contributed by atoms with Crippen LogP contribution in [0.25, 0.3) is 5.95 Å². The van der Waals surface area contributed by atoms with E-state index in [4.69, 9.17) is 0 Å². The van der Waals surface area contributed by atoms with Gasteiger partial charge in [0.2, 0.25) is 0 Å². The molecule has 0 aliphatic carbocycles. The van der Waals surface area contributed by atoms with Gasteiger partial charge in [-0.05, 0) is 18.9 Å². The van der Waals surface area contributed by atoms with Gasteiger partial charge in [0.15, 0.2) is 0 Å². The van der Waals surface area contributed by atoms with Gasteiger partial charge in [-0.3, -0.25) is 10.1 Å². The molecule has 0 radical (unpaired) electrons. The van der Waals surface area contributed by atoms with Gasteiger partial charge in [0.05, 0.1) is 10.6 Å². The van der Waals surface area contributed by atoms with Crippen LogP contribution in [0.4, 0.5) is 5.69 Å². The summed E-state index contributed by atoms with van der Waals surface area (Å²) in [4.78, 5) is 18.0. The third-order valence-corrected chi connectivity index (χ3v) is 2.58. The zero-order valence-electron chi connectivity index (χ0n) is 10.2. The van der Waals surface area contributed by atoms with Gasteiger partial charge in [-0.2, -0.15) is 5.10 Å². The molecule has 0 aliphatic rings. The molecule has 0 fully saturated rings. The molecule has 0 bridgehead atoms. The highest BCUT2D eigenvalue weighted by molar-refractivity contribution is 5.26. The van der Waals surface area contributed by atoms with E-state index in [9.17, 15) is 10.1 Å². The molecule has 0 spiro atoms. The second-order valence-electron chi connectivity index (χ2n) is 3.74. The summed E-state index contributed by atoms with van der Waals surface area (Å²) >= 11 is 0. The number of hydrogen-bond acceptors (Lipinski definition) is 5. The molecule has 2 rings (SSSR count). The number of nitro groups is 1. The second kappa shape index (κ2) is 4.91. The molecule has 0 aliphatic heterocycles. The van der Waals surface area contributed by atoms with Crippen LogP contribution in [-0.4, -0.2) is 24.7 Å². The number of rotatable bonds is 4. The van der Waals surface area contributed by atoms with E-state index in [0.717, 1.165) is 24.2 Å². The number of nitrogens with zero attached hydrogens (tertiary/aromatic N) is 5. The summed E-state index contributed by atoms with van der Waals surface area (Å²) in [5.74, 6) is 0.358. The molecular weight excluding hydrogens is 234 g/mol. The van der Waals surface area contributed by atoms with Crippen LogP contribution in [0.5, 0.6) is 0 Å².